The van der Waals surface area contributed by atoms with Crippen molar-refractivity contribution in [3.8, 4) is 23.7 Å². The van der Waals surface area contributed by atoms with E-state index in [0.29, 0.717) is 5.56 Å². The second-order valence-corrected chi connectivity index (χ2v) is 15.2. The number of amides is 4. The number of alkyl halides is 7. The number of halogens is 9. The molecule has 29 heteroatoms. The molecule has 7 nitrogen and oxygen atoms in total. The third-order valence-corrected chi connectivity index (χ3v) is 10.5. The van der Waals surface area contributed by atoms with Crippen molar-refractivity contribution >= 4 is 151 Å². The van der Waals surface area contributed by atoms with Crippen molar-refractivity contribution in [1.82, 2.24) is 10.6 Å². The Morgan fingerprint density at radius 2 is 1.12 bits per heavy atom. The van der Waals surface area contributed by atoms with Crippen molar-refractivity contribution < 1.29 is 41.0 Å². The van der Waals surface area contributed by atoms with Crippen LogP contribution in [0.3, 0.4) is 0 Å². The highest BCUT2D eigenvalue weighted by Gasteiger charge is 2.60. The molecule has 2 saturated carbocycles. The summed E-state index contributed by atoms with van der Waals surface area (Å²) in [5, 5.41) is 17.8. The molecule has 4 aliphatic rings. The van der Waals surface area contributed by atoms with Crippen LogP contribution in [0.15, 0.2) is 24.3 Å². The van der Waals surface area contributed by atoms with Crippen molar-refractivity contribution in [2.45, 2.75) is 61.6 Å². The van der Waals surface area contributed by atoms with E-state index >= 15 is 0 Å². The van der Waals surface area contributed by atoms with Crippen molar-refractivity contribution in [3.63, 3.8) is 0 Å². The summed E-state index contributed by atoms with van der Waals surface area (Å²) in [5.74, 6) is 9.54. The smallest absolute Gasteiger partial charge is 0.392 e. The summed E-state index contributed by atoms with van der Waals surface area (Å²) in [6.07, 6.45) is -9.45. The summed E-state index contributed by atoms with van der Waals surface area (Å²) in [4.78, 5) is 23.5. The van der Waals surface area contributed by atoms with Gasteiger partial charge in [-0.25, -0.2) is 9.59 Å². The molecule has 0 bridgehead atoms. The van der Waals surface area contributed by atoms with Gasteiger partial charge in [-0.15, -0.1) is 11.6 Å². The average molecular weight is 848 g/mol. The molecule has 2 atom stereocenters. The van der Waals surface area contributed by atoms with Crippen molar-refractivity contribution in [2.24, 2.45) is 11.8 Å². The van der Waals surface area contributed by atoms with Gasteiger partial charge in [0.1, 0.15) is 0 Å². The van der Waals surface area contributed by atoms with Gasteiger partial charge in [0.05, 0.1) is 6.61 Å². The van der Waals surface area contributed by atoms with Crippen LogP contribution in [0.5, 0.6) is 0 Å². The number of hydrogen-bond acceptors (Lipinski definition) is 3. The fraction of sp³-hybridized carbons (Fsp3) is 0.400. The van der Waals surface area contributed by atoms with Gasteiger partial charge in [0.25, 0.3) is 0 Å². The lowest BCUT2D eigenvalue weighted by atomic mass is 8.50. The standard InChI is InChI=1S/C15H11Cl2F3N2O.C15H12ClF3N2O2.B13/c16-7-9-5-12-10(6-11(9)17)14(15(18,19)20,22-13(23)21-12)4-3-8-1-2-8;16-11-6-10-12(5-9(11)7-22)20-13(23)21-14(10,15(17,18)19)4-3-8-1-2-8;1-8-12(9(2)3)13(10(4)5)11(6)7/h5-6,8H,1-2,7H2,(H2,21,22,23);5-6,8,22H,1-2,7H2,(H2,20,21,23);. The number of urea groups is 2. The van der Waals surface area contributed by atoms with E-state index in [1.165, 1.54) is 19.2 Å². The van der Waals surface area contributed by atoms with Gasteiger partial charge in [0, 0.05) is 143 Å². The molecule has 2 aliphatic heterocycles. The van der Waals surface area contributed by atoms with Crippen molar-refractivity contribution in [1.29, 1.82) is 0 Å². The number of aliphatic hydroxyl groups is 1. The van der Waals surface area contributed by atoms with Crippen LogP contribution in [-0.2, 0) is 23.6 Å². The molecule has 2 aromatic rings. The number of benzene rings is 2. The fourth-order valence-corrected chi connectivity index (χ4v) is 6.76. The normalized spacial score (nSPS) is 20.0. The number of anilines is 2. The zero-order valence-electron chi connectivity index (χ0n) is 30.9. The van der Waals surface area contributed by atoms with E-state index in [1.807, 2.05) is 10.6 Å². The Kier molecular flexibility index (Phi) is 16.3. The van der Waals surface area contributed by atoms with Crippen LogP contribution in [0.2, 0.25) is 10.0 Å². The minimum absolute atomic E-state index is 0.0104. The Labute approximate surface area is 365 Å². The zero-order chi connectivity index (χ0) is 44.2. The van der Waals surface area contributed by atoms with E-state index in [0.717, 1.165) is 37.8 Å². The summed E-state index contributed by atoms with van der Waals surface area (Å²) in [6, 6.07) is 2.85. The molecule has 2 fully saturated rings. The highest BCUT2D eigenvalue weighted by atomic mass is 35.5. The number of carbonyl (C=O) groups is 2. The third kappa shape index (κ3) is 11.4. The largest absolute Gasteiger partial charge is 0.427 e. The molecule has 4 amide bonds. The molecule has 6 rings (SSSR count). The Morgan fingerprint density at radius 1 is 0.729 bits per heavy atom. The highest BCUT2D eigenvalue weighted by molar-refractivity contribution is 8.07. The Hall–Kier alpha value is -2.65. The predicted molar refractivity (Wildman–Crippen MR) is 234 cm³/mol. The van der Waals surface area contributed by atoms with Gasteiger partial charge in [0.2, 0.25) is 11.1 Å². The zero-order valence-corrected chi connectivity index (χ0v) is 33.1. The Morgan fingerprint density at radius 3 is 1.41 bits per heavy atom. The molecule has 0 spiro atoms. The molecule has 2 aromatic carbocycles. The molecule has 0 aromatic heterocycles. The molecular weight excluding hydrogens is 825 g/mol. The van der Waals surface area contributed by atoms with E-state index in [4.69, 9.17) is 89.0 Å². The maximum Gasteiger partial charge on any atom is 0.427 e. The summed E-state index contributed by atoms with van der Waals surface area (Å²) >= 11 is 17.7. The van der Waals surface area contributed by atoms with E-state index in [9.17, 15) is 41.0 Å². The monoisotopic (exact) mass is 849 g/mol. The lowest BCUT2D eigenvalue weighted by Crippen LogP contribution is -2.69. The van der Waals surface area contributed by atoms with Crippen LogP contribution in [0.4, 0.5) is 47.3 Å². The Balaban J connectivity index is 0.000000205. The van der Waals surface area contributed by atoms with Crippen LogP contribution < -0.4 is 21.3 Å². The number of rotatable bonds is 7. The minimum Gasteiger partial charge on any atom is -0.392 e. The second kappa shape index (κ2) is 19.6. The van der Waals surface area contributed by atoms with Gasteiger partial charge >= 0.3 is 24.4 Å². The number of nitrogens with one attached hydrogen (secondary N) is 4. The third-order valence-electron chi connectivity index (χ3n) is 9.53. The molecule has 283 valence electrons. The number of aliphatic hydroxyl groups excluding tert-OH is 1. The number of carbonyl (C=O) groups excluding carboxylic acids is 2. The van der Waals surface area contributed by atoms with Crippen LogP contribution >= 0.6 is 34.8 Å². The first kappa shape index (κ1) is 49.0. The molecule has 2 aliphatic carbocycles. The summed E-state index contributed by atoms with van der Waals surface area (Å²) < 4.78 is 82.8. The van der Waals surface area contributed by atoms with Gasteiger partial charge in [-0.1, -0.05) is 46.9 Å². The molecule has 5 N–H and O–H groups in total. The molecule has 2 heterocycles. The first-order valence-electron chi connectivity index (χ1n) is 17.7. The molecule has 2 unspecified atom stereocenters. The van der Waals surface area contributed by atoms with Crippen LogP contribution in [-0.4, -0.2) is 123 Å². The highest BCUT2D eigenvalue weighted by Crippen LogP contribution is 2.47. The topological polar surface area (TPSA) is 102 Å². The number of hydrogen-bond donors (Lipinski definition) is 5. The average Bonchev–Trinajstić information content (AvgIpc) is 4.07. The molecule has 59 heavy (non-hydrogen) atoms. The summed E-state index contributed by atoms with van der Waals surface area (Å²) in [7, 11) is 39.5. The quantitative estimate of drug-likeness (QED) is 0.128. The van der Waals surface area contributed by atoms with Gasteiger partial charge < -0.3 is 26.4 Å². The molecular formula is C30H23B13Cl3F6N4O3. The first-order valence-corrected chi connectivity index (χ1v) is 19.0. The summed E-state index contributed by atoms with van der Waals surface area (Å²) in [5.41, 5.74) is -5.50. The molecule has 15 radical (unpaired) electrons. The van der Waals surface area contributed by atoms with Gasteiger partial charge in [0.15, 0.2) is 0 Å². The number of fused-ring (bicyclic) bond motifs is 2. The predicted octanol–water partition coefficient (Wildman–Crippen LogP) is 2.57. The van der Waals surface area contributed by atoms with Gasteiger partial charge in [-0.2, -0.15) is 26.3 Å². The van der Waals surface area contributed by atoms with Crippen LogP contribution in [0.25, 0.3) is 0 Å². The Bertz CT molecular complexity index is 1900. The van der Waals surface area contributed by atoms with E-state index < -0.39 is 67.6 Å². The minimum atomic E-state index is -4.83. The van der Waals surface area contributed by atoms with Gasteiger partial charge in [-0.3, -0.25) is 0 Å². The van der Waals surface area contributed by atoms with Gasteiger partial charge in [-0.05, 0) is 61.1 Å². The lowest BCUT2D eigenvalue weighted by molar-refractivity contribution is -0.179. The SMILES string of the molecule is O=C1Nc2cc(CCl)c(Cl)cc2C(C#CC2CC2)(C(F)(F)F)N1.O=C1Nc2cc(CO)c(Cl)cc2C(C#CC2CC2)(C(F)(F)F)N1.[B][B]B(B([B])[B])B(B([B])[B])B([B])[B]. The van der Waals surface area contributed by atoms with Crippen molar-refractivity contribution in [2.75, 3.05) is 10.6 Å². The maximum atomic E-state index is 13.8. The second-order valence-electron chi connectivity index (χ2n) is 14.1. The fourth-order valence-electron chi connectivity index (χ4n) is 6.01. The summed E-state index contributed by atoms with van der Waals surface area (Å²) in [6.45, 7) is -0.456. The van der Waals surface area contributed by atoms with Crippen LogP contribution in [0, 0.1) is 35.5 Å². The maximum absolute atomic E-state index is 13.8. The van der Waals surface area contributed by atoms with E-state index in [1.54, 1.807) is 0 Å². The lowest BCUT2D eigenvalue weighted by Gasteiger charge is -2.37. The van der Waals surface area contributed by atoms with E-state index in [-0.39, 0.29) is 62.2 Å². The first-order chi connectivity index (χ1) is 27.4. The van der Waals surface area contributed by atoms with E-state index in [2.05, 4.69) is 34.3 Å². The van der Waals surface area contributed by atoms with Crippen molar-refractivity contribution in [3.05, 3.63) is 56.6 Å². The van der Waals surface area contributed by atoms with Crippen LogP contribution in [0.1, 0.15) is 47.9 Å². The molecule has 0 saturated heterocycles.